The molecule has 1 atom stereocenters. The molecule has 44 valence electrons. The second-order valence-electron chi connectivity index (χ2n) is 2.02. The largest absolute Gasteiger partial charge is 0.324 e. The van der Waals surface area contributed by atoms with Crippen LogP contribution in [0, 0.1) is 0 Å². The van der Waals surface area contributed by atoms with Crippen LogP contribution in [0.1, 0.15) is 6.92 Å². The maximum absolute atomic E-state index is 5.55. The van der Waals surface area contributed by atoms with Crippen molar-refractivity contribution >= 4 is 6.21 Å². The maximum Gasteiger partial charge on any atom is 0.0618 e. The fraction of sp³-hybridized carbons (Fsp3) is 0.500. The summed E-state index contributed by atoms with van der Waals surface area (Å²) in [5.41, 5.74) is 6.78. The standard InChI is InChI=1S/C6H10N2/c1-5(7)6-2-3-8-4-6/h2-3,5H,4,7H2,1H3/t5-/m1/s1. The molecule has 1 aliphatic heterocycles. The van der Waals surface area contributed by atoms with Crippen molar-refractivity contribution in [2.24, 2.45) is 10.7 Å². The number of nitrogens with zero attached hydrogens (tertiary/aromatic N) is 1. The van der Waals surface area contributed by atoms with Crippen LogP contribution in [0.2, 0.25) is 0 Å². The van der Waals surface area contributed by atoms with Gasteiger partial charge >= 0.3 is 0 Å². The third-order valence-corrected chi connectivity index (χ3v) is 1.25. The fourth-order valence-corrected chi connectivity index (χ4v) is 0.655. The van der Waals surface area contributed by atoms with Gasteiger partial charge in [0, 0.05) is 12.3 Å². The van der Waals surface area contributed by atoms with Gasteiger partial charge in [0.15, 0.2) is 0 Å². The first kappa shape index (κ1) is 5.51. The number of nitrogens with two attached hydrogens (primary N) is 1. The Morgan fingerprint density at radius 1 is 1.88 bits per heavy atom. The summed E-state index contributed by atoms with van der Waals surface area (Å²) < 4.78 is 0. The summed E-state index contributed by atoms with van der Waals surface area (Å²) in [5.74, 6) is 0. The molecule has 0 saturated heterocycles. The second-order valence-corrected chi connectivity index (χ2v) is 2.02. The van der Waals surface area contributed by atoms with Gasteiger partial charge in [0.05, 0.1) is 6.54 Å². The molecule has 0 aliphatic carbocycles. The van der Waals surface area contributed by atoms with Gasteiger partial charge in [-0.3, -0.25) is 4.99 Å². The first-order valence-electron chi connectivity index (χ1n) is 2.75. The summed E-state index contributed by atoms with van der Waals surface area (Å²) in [5, 5.41) is 0. The minimum atomic E-state index is 0.178. The Hall–Kier alpha value is -0.630. The molecular weight excluding hydrogens is 100 g/mol. The molecule has 8 heavy (non-hydrogen) atoms. The van der Waals surface area contributed by atoms with Gasteiger partial charge < -0.3 is 5.73 Å². The topological polar surface area (TPSA) is 38.4 Å². The van der Waals surface area contributed by atoms with E-state index >= 15 is 0 Å². The highest BCUT2D eigenvalue weighted by atomic mass is 14.8. The van der Waals surface area contributed by atoms with E-state index in [1.54, 1.807) is 6.21 Å². The Morgan fingerprint density at radius 3 is 2.88 bits per heavy atom. The number of hydrogen-bond donors (Lipinski definition) is 1. The quantitative estimate of drug-likeness (QED) is 0.519. The van der Waals surface area contributed by atoms with E-state index in [-0.39, 0.29) is 6.04 Å². The van der Waals surface area contributed by atoms with Gasteiger partial charge in [-0.1, -0.05) is 0 Å². The molecule has 1 aliphatic rings. The summed E-state index contributed by atoms with van der Waals surface area (Å²) >= 11 is 0. The summed E-state index contributed by atoms with van der Waals surface area (Å²) in [6, 6.07) is 0.178. The van der Waals surface area contributed by atoms with Crippen molar-refractivity contribution in [2.45, 2.75) is 13.0 Å². The van der Waals surface area contributed by atoms with Crippen molar-refractivity contribution in [3.8, 4) is 0 Å². The molecule has 0 aromatic carbocycles. The Labute approximate surface area is 49.1 Å². The molecule has 0 spiro atoms. The maximum atomic E-state index is 5.55. The lowest BCUT2D eigenvalue weighted by atomic mass is 10.1. The van der Waals surface area contributed by atoms with Gasteiger partial charge in [-0.05, 0) is 18.6 Å². The van der Waals surface area contributed by atoms with Crippen LogP contribution in [0.3, 0.4) is 0 Å². The van der Waals surface area contributed by atoms with Crippen molar-refractivity contribution in [1.29, 1.82) is 0 Å². The smallest absolute Gasteiger partial charge is 0.0618 e. The van der Waals surface area contributed by atoms with Gasteiger partial charge in [0.2, 0.25) is 0 Å². The molecule has 0 bridgehead atoms. The number of hydrogen-bond acceptors (Lipinski definition) is 2. The van der Waals surface area contributed by atoms with E-state index in [1.807, 2.05) is 13.0 Å². The molecule has 0 aromatic heterocycles. The van der Waals surface area contributed by atoms with Crippen molar-refractivity contribution in [2.75, 3.05) is 6.54 Å². The molecule has 0 saturated carbocycles. The molecule has 0 unspecified atom stereocenters. The lowest BCUT2D eigenvalue weighted by molar-refractivity contribution is 0.841. The lowest BCUT2D eigenvalue weighted by Gasteiger charge is -2.02. The highest BCUT2D eigenvalue weighted by Gasteiger charge is 2.03. The average molecular weight is 110 g/mol. The summed E-state index contributed by atoms with van der Waals surface area (Å²) in [6.45, 7) is 2.78. The van der Waals surface area contributed by atoms with Crippen LogP contribution in [0.25, 0.3) is 0 Å². The summed E-state index contributed by atoms with van der Waals surface area (Å²) in [7, 11) is 0. The van der Waals surface area contributed by atoms with Crippen molar-refractivity contribution in [1.82, 2.24) is 0 Å². The van der Waals surface area contributed by atoms with Crippen LogP contribution >= 0.6 is 0 Å². The fourth-order valence-electron chi connectivity index (χ4n) is 0.655. The first-order chi connectivity index (χ1) is 3.80. The second kappa shape index (κ2) is 2.09. The molecule has 2 nitrogen and oxygen atoms in total. The predicted molar refractivity (Wildman–Crippen MR) is 35.1 cm³/mol. The number of aliphatic imine (C=N–C) groups is 1. The van der Waals surface area contributed by atoms with E-state index in [2.05, 4.69) is 4.99 Å². The van der Waals surface area contributed by atoms with Crippen LogP contribution in [-0.4, -0.2) is 18.8 Å². The van der Waals surface area contributed by atoms with Gasteiger partial charge in [0.25, 0.3) is 0 Å². The zero-order valence-electron chi connectivity index (χ0n) is 4.96. The monoisotopic (exact) mass is 110 g/mol. The third kappa shape index (κ3) is 0.954. The normalized spacial score (nSPS) is 21.0. The van der Waals surface area contributed by atoms with Crippen LogP contribution in [-0.2, 0) is 0 Å². The van der Waals surface area contributed by atoms with Crippen LogP contribution in [0.5, 0.6) is 0 Å². The molecule has 1 heterocycles. The molecule has 2 N–H and O–H groups in total. The van der Waals surface area contributed by atoms with Gasteiger partial charge in [0.1, 0.15) is 0 Å². The Bertz CT molecular complexity index is 133. The molecule has 0 aromatic rings. The Kier molecular flexibility index (Phi) is 1.44. The van der Waals surface area contributed by atoms with Crippen LogP contribution < -0.4 is 5.73 Å². The molecule has 2 heteroatoms. The van der Waals surface area contributed by atoms with Crippen molar-refractivity contribution in [3.63, 3.8) is 0 Å². The van der Waals surface area contributed by atoms with E-state index in [4.69, 9.17) is 5.73 Å². The summed E-state index contributed by atoms with van der Waals surface area (Å²) in [6.07, 6.45) is 3.78. The lowest BCUT2D eigenvalue weighted by Crippen LogP contribution is -2.18. The zero-order chi connectivity index (χ0) is 5.98. The Morgan fingerprint density at radius 2 is 2.62 bits per heavy atom. The van der Waals surface area contributed by atoms with E-state index in [0.717, 1.165) is 6.54 Å². The highest BCUT2D eigenvalue weighted by molar-refractivity contribution is 5.75. The predicted octanol–water partition coefficient (Wildman–Crippen LogP) is 0.344. The first-order valence-corrected chi connectivity index (χ1v) is 2.75. The minimum absolute atomic E-state index is 0.178. The Balaban J connectivity index is 2.51. The van der Waals surface area contributed by atoms with Crippen LogP contribution in [0.4, 0.5) is 0 Å². The number of allylic oxidation sites excluding steroid dienone is 1. The van der Waals surface area contributed by atoms with E-state index in [1.165, 1.54) is 5.57 Å². The molecule has 0 radical (unpaired) electrons. The minimum Gasteiger partial charge on any atom is -0.324 e. The van der Waals surface area contributed by atoms with E-state index < -0.39 is 0 Å². The average Bonchev–Trinajstić information content (AvgIpc) is 2.12. The number of rotatable bonds is 1. The van der Waals surface area contributed by atoms with Gasteiger partial charge in [-0.2, -0.15) is 0 Å². The molecular formula is C6H10N2. The SMILES string of the molecule is C[C@@H](N)C1=CC=NC1. The van der Waals surface area contributed by atoms with Crippen molar-refractivity contribution in [3.05, 3.63) is 11.6 Å². The molecule has 1 rings (SSSR count). The van der Waals surface area contributed by atoms with Crippen LogP contribution in [0.15, 0.2) is 16.6 Å². The van der Waals surface area contributed by atoms with E-state index in [0.29, 0.717) is 0 Å². The van der Waals surface area contributed by atoms with E-state index in [9.17, 15) is 0 Å². The summed E-state index contributed by atoms with van der Waals surface area (Å²) in [4.78, 5) is 3.99. The molecule has 0 amide bonds. The van der Waals surface area contributed by atoms with Gasteiger partial charge in [-0.25, -0.2) is 0 Å². The molecule has 0 fully saturated rings. The zero-order valence-corrected chi connectivity index (χ0v) is 4.96. The van der Waals surface area contributed by atoms with Crippen molar-refractivity contribution < 1.29 is 0 Å². The third-order valence-electron chi connectivity index (χ3n) is 1.25. The highest BCUT2D eigenvalue weighted by Crippen LogP contribution is 2.02. The van der Waals surface area contributed by atoms with Gasteiger partial charge in [-0.15, -0.1) is 0 Å².